The molecular formula is C13H13ClO3. The fraction of sp³-hybridized carbons (Fsp3) is 0.231. The van der Waals surface area contributed by atoms with E-state index in [4.69, 9.17) is 11.6 Å². The molecule has 0 saturated carbocycles. The molecule has 0 aromatic heterocycles. The molecule has 0 radical (unpaired) electrons. The van der Waals surface area contributed by atoms with Crippen LogP contribution >= 0.6 is 11.6 Å². The van der Waals surface area contributed by atoms with E-state index in [1.807, 2.05) is 0 Å². The highest BCUT2D eigenvalue weighted by atomic mass is 35.5. The molecule has 90 valence electrons. The molecule has 0 unspecified atom stereocenters. The second kappa shape index (κ2) is 6.21. The molecule has 0 aliphatic rings. The Hall–Kier alpha value is -1.61. The van der Waals surface area contributed by atoms with E-state index >= 15 is 0 Å². The third-order valence-corrected chi connectivity index (χ3v) is 2.51. The largest absolute Gasteiger partial charge is 0.469 e. The van der Waals surface area contributed by atoms with E-state index in [-0.39, 0.29) is 18.2 Å². The summed E-state index contributed by atoms with van der Waals surface area (Å²) in [4.78, 5) is 22.0. The first-order valence-electron chi connectivity index (χ1n) is 5.08. The topological polar surface area (TPSA) is 43.4 Å². The number of esters is 1. The SMILES string of the molecule is COC(=O)CC=Cc1ccc(C(C)=O)c(Cl)c1. The van der Waals surface area contributed by atoms with Crippen LogP contribution in [0.5, 0.6) is 0 Å². The Kier molecular flexibility index (Phi) is 4.91. The lowest BCUT2D eigenvalue weighted by atomic mass is 10.1. The van der Waals surface area contributed by atoms with Gasteiger partial charge in [0.25, 0.3) is 0 Å². The summed E-state index contributed by atoms with van der Waals surface area (Å²) in [6, 6.07) is 5.13. The quantitative estimate of drug-likeness (QED) is 0.611. The molecule has 0 saturated heterocycles. The number of benzene rings is 1. The summed E-state index contributed by atoms with van der Waals surface area (Å²) in [6.07, 6.45) is 3.65. The van der Waals surface area contributed by atoms with Gasteiger partial charge in [0, 0.05) is 5.56 Å². The maximum Gasteiger partial charge on any atom is 0.309 e. The smallest absolute Gasteiger partial charge is 0.309 e. The highest BCUT2D eigenvalue weighted by molar-refractivity contribution is 6.34. The second-order valence-corrected chi connectivity index (χ2v) is 3.89. The monoisotopic (exact) mass is 252 g/mol. The van der Waals surface area contributed by atoms with E-state index in [0.717, 1.165) is 5.56 Å². The number of carbonyl (C=O) groups is 2. The lowest BCUT2D eigenvalue weighted by molar-refractivity contribution is -0.139. The molecule has 0 atom stereocenters. The number of Topliss-reactive ketones (excluding diaryl/α,β-unsaturated/α-hetero) is 1. The molecule has 0 aliphatic heterocycles. The maximum absolute atomic E-state index is 11.2. The average Bonchev–Trinajstić information content (AvgIpc) is 2.28. The van der Waals surface area contributed by atoms with E-state index in [2.05, 4.69) is 4.74 Å². The van der Waals surface area contributed by atoms with Crippen molar-refractivity contribution in [2.45, 2.75) is 13.3 Å². The van der Waals surface area contributed by atoms with Crippen LogP contribution in [-0.2, 0) is 9.53 Å². The van der Waals surface area contributed by atoms with Gasteiger partial charge in [-0.1, -0.05) is 29.8 Å². The van der Waals surface area contributed by atoms with Gasteiger partial charge in [0.15, 0.2) is 5.78 Å². The number of hydrogen-bond donors (Lipinski definition) is 0. The molecule has 17 heavy (non-hydrogen) atoms. The molecule has 0 spiro atoms. The Bertz CT molecular complexity index is 464. The van der Waals surface area contributed by atoms with Crippen molar-refractivity contribution in [3.8, 4) is 0 Å². The number of halogens is 1. The predicted octanol–water partition coefficient (Wildman–Crippen LogP) is 3.12. The lowest BCUT2D eigenvalue weighted by Gasteiger charge is -2.01. The highest BCUT2D eigenvalue weighted by Gasteiger charge is 2.04. The van der Waals surface area contributed by atoms with Gasteiger partial charge in [0.2, 0.25) is 0 Å². The first kappa shape index (κ1) is 13.5. The van der Waals surface area contributed by atoms with E-state index in [9.17, 15) is 9.59 Å². The highest BCUT2D eigenvalue weighted by Crippen LogP contribution is 2.19. The number of rotatable bonds is 4. The van der Waals surface area contributed by atoms with Crippen molar-refractivity contribution in [3.05, 3.63) is 40.4 Å². The summed E-state index contributed by atoms with van der Waals surface area (Å²) >= 11 is 5.95. The predicted molar refractivity (Wildman–Crippen MR) is 67.1 cm³/mol. The fourth-order valence-corrected chi connectivity index (χ4v) is 1.62. The zero-order valence-electron chi connectivity index (χ0n) is 9.70. The zero-order valence-corrected chi connectivity index (χ0v) is 10.5. The third-order valence-electron chi connectivity index (χ3n) is 2.19. The van der Waals surface area contributed by atoms with Crippen LogP contribution in [0.25, 0.3) is 6.08 Å². The molecule has 0 amide bonds. The van der Waals surface area contributed by atoms with Gasteiger partial charge in [0.1, 0.15) is 0 Å². The number of ketones is 1. The van der Waals surface area contributed by atoms with Crippen LogP contribution in [0, 0.1) is 0 Å². The van der Waals surface area contributed by atoms with Crippen LogP contribution in [0.1, 0.15) is 29.3 Å². The molecule has 1 rings (SSSR count). The Morgan fingerprint density at radius 2 is 2.12 bits per heavy atom. The zero-order chi connectivity index (χ0) is 12.8. The van der Waals surface area contributed by atoms with Crippen molar-refractivity contribution in [1.82, 2.24) is 0 Å². The Morgan fingerprint density at radius 1 is 1.41 bits per heavy atom. The molecule has 1 aromatic rings. The molecule has 0 N–H and O–H groups in total. The van der Waals surface area contributed by atoms with Gasteiger partial charge in [-0.25, -0.2) is 0 Å². The molecular weight excluding hydrogens is 240 g/mol. The van der Waals surface area contributed by atoms with Gasteiger partial charge in [-0.3, -0.25) is 9.59 Å². The van der Waals surface area contributed by atoms with Crippen LogP contribution in [0.2, 0.25) is 5.02 Å². The summed E-state index contributed by atoms with van der Waals surface area (Å²) in [5, 5.41) is 0.415. The molecule has 0 fully saturated rings. The van der Waals surface area contributed by atoms with Gasteiger partial charge >= 0.3 is 5.97 Å². The number of carbonyl (C=O) groups excluding carboxylic acids is 2. The molecule has 0 aliphatic carbocycles. The first-order chi connectivity index (χ1) is 8.04. The normalized spacial score (nSPS) is 10.5. The molecule has 1 aromatic carbocycles. The van der Waals surface area contributed by atoms with E-state index in [1.165, 1.54) is 14.0 Å². The van der Waals surface area contributed by atoms with Crippen LogP contribution in [-0.4, -0.2) is 18.9 Å². The number of methoxy groups -OCH3 is 1. The maximum atomic E-state index is 11.2. The van der Waals surface area contributed by atoms with Gasteiger partial charge in [-0.15, -0.1) is 0 Å². The molecule has 0 heterocycles. The minimum Gasteiger partial charge on any atom is -0.469 e. The Balaban J connectivity index is 2.77. The Morgan fingerprint density at radius 3 is 2.65 bits per heavy atom. The van der Waals surface area contributed by atoms with Gasteiger partial charge in [-0.2, -0.15) is 0 Å². The van der Waals surface area contributed by atoms with Crippen LogP contribution < -0.4 is 0 Å². The first-order valence-corrected chi connectivity index (χ1v) is 5.46. The van der Waals surface area contributed by atoms with Crippen molar-refractivity contribution >= 4 is 29.4 Å². The van der Waals surface area contributed by atoms with Crippen molar-refractivity contribution in [2.75, 3.05) is 7.11 Å². The molecule has 3 nitrogen and oxygen atoms in total. The van der Waals surface area contributed by atoms with Gasteiger partial charge < -0.3 is 4.74 Å². The second-order valence-electron chi connectivity index (χ2n) is 3.48. The van der Waals surface area contributed by atoms with E-state index in [1.54, 1.807) is 30.4 Å². The molecule has 0 bridgehead atoms. The van der Waals surface area contributed by atoms with Crippen molar-refractivity contribution < 1.29 is 14.3 Å². The van der Waals surface area contributed by atoms with Crippen molar-refractivity contribution in [2.24, 2.45) is 0 Å². The van der Waals surface area contributed by atoms with Crippen LogP contribution in [0.3, 0.4) is 0 Å². The van der Waals surface area contributed by atoms with Gasteiger partial charge in [-0.05, 0) is 24.6 Å². The van der Waals surface area contributed by atoms with E-state index in [0.29, 0.717) is 10.6 Å². The standard InChI is InChI=1S/C13H13ClO3/c1-9(15)11-7-6-10(8-12(11)14)4-3-5-13(16)17-2/h3-4,6-8H,5H2,1-2H3. The fourth-order valence-electron chi connectivity index (χ4n) is 1.30. The third kappa shape index (κ3) is 4.04. The number of hydrogen-bond acceptors (Lipinski definition) is 3. The van der Waals surface area contributed by atoms with Crippen LogP contribution in [0.4, 0.5) is 0 Å². The van der Waals surface area contributed by atoms with Crippen molar-refractivity contribution in [1.29, 1.82) is 0 Å². The summed E-state index contributed by atoms with van der Waals surface area (Å²) in [5.74, 6) is -0.368. The minimum atomic E-state index is -0.298. The van der Waals surface area contributed by atoms with Crippen molar-refractivity contribution in [3.63, 3.8) is 0 Å². The van der Waals surface area contributed by atoms with Crippen LogP contribution in [0.15, 0.2) is 24.3 Å². The van der Waals surface area contributed by atoms with E-state index < -0.39 is 0 Å². The molecule has 4 heteroatoms. The summed E-state index contributed by atoms with van der Waals surface area (Å²) < 4.78 is 4.50. The van der Waals surface area contributed by atoms with Gasteiger partial charge in [0.05, 0.1) is 18.6 Å². The number of ether oxygens (including phenoxy) is 1. The minimum absolute atomic E-state index is 0.0694. The summed E-state index contributed by atoms with van der Waals surface area (Å²) in [6.45, 7) is 1.47. The summed E-state index contributed by atoms with van der Waals surface area (Å²) in [7, 11) is 1.34. The summed E-state index contributed by atoms with van der Waals surface area (Å²) in [5.41, 5.74) is 1.33. The average molecular weight is 253 g/mol. The lowest BCUT2D eigenvalue weighted by Crippen LogP contribution is -1.96. The Labute approximate surface area is 105 Å².